The second-order valence-electron chi connectivity index (χ2n) is 7.89. The van der Waals surface area contributed by atoms with Gasteiger partial charge in [0.05, 0.1) is 18.1 Å². The summed E-state index contributed by atoms with van der Waals surface area (Å²) in [6.07, 6.45) is -0.183. The number of carbonyl (C=O) groups excluding carboxylic acids is 2. The number of anilines is 1. The molecule has 1 amide bonds. The molecule has 0 aliphatic heterocycles. The first-order valence-corrected chi connectivity index (χ1v) is 10.2. The first kappa shape index (κ1) is 26.2. The van der Waals surface area contributed by atoms with E-state index in [4.69, 9.17) is 21.1 Å². The second kappa shape index (κ2) is 10.2. The molecule has 0 aromatic carbocycles. The van der Waals surface area contributed by atoms with E-state index in [0.717, 1.165) is 18.5 Å². The summed E-state index contributed by atoms with van der Waals surface area (Å²) in [6, 6.07) is 3.34. The molecule has 0 saturated heterocycles. The maximum absolute atomic E-state index is 15.3. The fourth-order valence-electron chi connectivity index (χ4n) is 2.73. The maximum atomic E-state index is 15.3. The van der Waals surface area contributed by atoms with E-state index in [1.807, 2.05) is 0 Å². The minimum atomic E-state index is -3.92. The number of alkyl halides is 2. The highest BCUT2D eigenvalue weighted by molar-refractivity contribution is 6.31. The summed E-state index contributed by atoms with van der Waals surface area (Å²) in [5.41, 5.74) is -2.48. The van der Waals surface area contributed by atoms with E-state index in [1.54, 1.807) is 6.92 Å². The summed E-state index contributed by atoms with van der Waals surface area (Å²) < 4.78 is 55.3. The van der Waals surface area contributed by atoms with E-state index >= 15 is 13.2 Å². The number of pyridine rings is 2. The number of amides is 1. The summed E-state index contributed by atoms with van der Waals surface area (Å²) >= 11 is 5.95. The van der Waals surface area contributed by atoms with E-state index in [2.05, 4.69) is 4.98 Å². The molecule has 0 bridgehead atoms. The Balaban J connectivity index is 2.56. The fourth-order valence-corrected chi connectivity index (χ4v) is 2.93. The second-order valence-corrected chi connectivity index (χ2v) is 8.29. The molecule has 0 radical (unpaired) electrons. The predicted molar refractivity (Wildman–Crippen MR) is 112 cm³/mol. The summed E-state index contributed by atoms with van der Waals surface area (Å²) in [6.45, 7) is 4.56. The van der Waals surface area contributed by atoms with Crippen LogP contribution in [0.15, 0.2) is 30.6 Å². The van der Waals surface area contributed by atoms with Gasteiger partial charge in [-0.15, -0.1) is 0 Å². The van der Waals surface area contributed by atoms with Crippen molar-refractivity contribution in [3.8, 4) is 0 Å². The molecule has 2 aromatic heterocycles. The van der Waals surface area contributed by atoms with Gasteiger partial charge in [0.1, 0.15) is 12.1 Å². The van der Waals surface area contributed by atoms with Crippen molar-refractivity contribution in [3.63, 3.8) is 0 Å². The number of aromatic nitrogens is 2. The molecule has 180 valence electrons. The van der Waals surface area contributed by atoms with Crippen LogP contribution in [0.3, 0.4) is 0 Å². The highest BCUT2D eigenvalue weighted by Crippen LogP contribution is 2.32. The summed E-state index contributed by atoms with van der Waals surface area (Å²) in [4.78, 5) is 28.6. The predicted octanol–water partition coefficient (Wildman–Crippen LogP) is 4.15. The zero-order valence-electron chi connectivity index (χ0n) is 18.4. The van der Waals surface area contributed by atoms with Gasteiger partial charge in [-0.25, -0.2) is 14.2 Å². The Bertz CT molecular complexity index is 1030. The van der Waals surface area contributed by atoms with Gasteiger partial charge >= 0.3 is 18.0 Å². The lowest BCUT2D eigenvalue weighted by atomic mass is 10.1. The summed E-state index contributed by atoms with van der Waals surface area (Å²) in [5, 5.41) is 11.6. The van der Waals surface area contributed by atoms with E-state index in [9.17, 15) is 14.8 Å². The molecule has 2 heterocycles. The van der Waals surface area contributed by atoms with Crippen LogP contribution >= 0.6 is 11.6 Å². The Morgan fingerprint density at radius 1 is 1.27 bits per heavy atom. The van der Waals surface area contributed by atoms with Crippen LogP contribution in [0.2, 0.25) is 5.02 Å². The van der Waals surface area contributed by atoms with Gasteiger partial charge in [0, 0.05) is 23.9 Å². The van der Waals surface area contributed by atoms with Crippen molar-refractivity contribution in [1.82, 2.24) is 4.98 Å². The van der Waals surface area contributed by atoms with Crippen LogP contribution in [0.5, 0.6) is 0 Å². The van der Waals surface area contributed by atoms with Gasteiger partial charge in [-0.1, -0.05) is 11.6 Å². The van der Waals surface area contributed by atoms with Gasteiger partial charge in [-0.2, -0.15) is 13.5 Å². The average Bonchev–Trinajstić information content (AvgIpc) is 2.69. The molecule has 0 aliphatic rings. The summed E-state index contributed by atoms with van der Waals surface area (Å²) in [7, 11) is 0. The van der Waals surface area contributed by atoms with Gasteiger partial charge in [0.25, 0.3) is 5.69 Å². The lowest BCUT2D eigenvalue weighted by Gasteiger charge is -2.29. The van der Waals surface area contributed by atoms with Crippen LogP contribution in [-0.2, 0) is 26.6 Å². The van der Waals surface area contributed by atoms with Gasteiger partial charge < -0.3 is 14.7 Å². The highest BCUT2D eigenvalue weighted by atomic mass is 35.5. The minimum absolute atomic E-state index is 0.0263. The Hall–Kier alpha value is -3.08. The number of halogens is 4. The molecule has 0 aliphatic carbocycles. The number of nitrogens with zero attached hydrogens (tertiary/aromatic N) is 3. The normalized spacial score (nSPS) is 11.8. The van der Waals surface area contributed by atoms with Gasteiger partial charge in [-0.05, 0) is 33.8 Å². The molecule has 0 unspecified atom stereocenters. The van der Waals surface area contributed by atoms with Crippen molar-refractivity contribution < 1.29 is 37.0 Å². The van der Waals surface area contributed by atoms with E-state index in [1.165, 1.54) is 32.9 Å². The molecule has 8 nitrogen and oxygen atoms in total. The molecule has 0 spiro atoms. The standard InChI is InChI=1S/C21H23ClF3N3O5/c1-5-32-16(29)10-13-14(22)11-26-18(17(13)23)27(19(30)33-20(2,3)4)12-21(24,25)15-8-6-7-9-28(15)31/h6-9,11H,5,10,12H2,1-4H3. The molecule has 12 heteroatoms. The first-order valence-electron chi connectivity index (χ1n) is 9.82. The molecule has 0 atom stereocenters. The first-order chi connectivity index (χ1) is 15.3. The lowest BCUT2D eigenvalue weighted by Crippen LogP contribution is -2.47. The Labute approximate surface area is 193 Å². The van der Waals surface area contributed by atoms with E-state index < -0.39 is 59.4 Å². The number of carbonyl (C=O) groups is 2. The number of hydrogen-bond donors (Lipinski definition) is 0. The molecule has 2 aromatic rings. The minimum Gasteiger partial charge on any atom is -0.618 e. The largest absolute Gasteiger partial charge is 0.618 e. The monoisotopic (exact) mass is 489 g/mol. The third-order valence-electron chi connectivity index (χ3n) is 4.10. The van der Waals surface area contributed by atoms with Crippen molar-refractivity contribution in [3.05, 3.63) is 57.9 Å². The average molecular weight is 490 g/mol. The Morgan fingerprint density at radius 2 is 1.94 bits per heavy atom. The van der Waals surface area contributed by atoms with Crippen LogP contribution in [0, 0.1) is 11.0 Å². The molecular formula is C21H23ClF3N3O5. The van der Waals surface area contributed by atoms with E-state index in [-0.39, 0.29) is 21.3 Å². The Morgan fingerprint density at radius 3 is 2.52 bits per heavy atom. The molecule has 0 fully saturated rings. The van der Waals surface area contributed by atoms with Crippen LogP contribution in [0.25, 0.3) is 0 Å². The topological polar surface area (TPSA) is 95.7 Å². The van der Waals surface area contributed by atoms with Gasteiger partial charge in [-0.3, -0.25) is 9.69 Å². The third-order valence-corrected chi connectivity index (χ3v) is 4.43. The third kappa shape index (κ3) is 6.70. The van der Waals surface area contributed by atoms with E-state index in [0.29, 0.717) is 0 Å². The maximum Gasteiger partial charge on any atom is 0.416 e. The van der Waals surface area contributed by atoms with Crippen molar-refractivity contribution in [1.29, 1.82) is 0 Å². The lowest BCUT2D eigenvalue weighted by molar-refractivity contribution is -0.624. The number of esters is 1. The molecule has 0 N–H and O–H groups in total. The van der Waals surface area contributed by atoms with Crippen molar-refractivity contribution in [2.45, 2.75) is 45.6 Å². The molecule has 0 saturated carbocycles. The smallest absolute Gasteiger partial charge is 0.416 e. The highest BCUT2D eigenvalue weighted by Gasteiger charge is 2.45. The zero-order chi connectivity index (χ0) is 25.0. The van der Waals surface area contributed by atoms with Crippen molar-refractivity contribution in [2.75, 3.05) is 18.1 Å². The quantitative estimate of drug-likeness (QED) is 0.329. The SMILES string of the molecule is CCOC(=O)Cc1c(Cl)cnc(N(CC(F)(F)c2cccc[n+]2[O-])C(=O)OC(C)(C)C)c1F. The zero-order valence-corrected chi connectivity index (χ0v) is 19.2. The van der Waals surface area contributed by atoms with Crippen LogP contribution in [-0.4, -0.2) is 35.8 Å². The van der Waals surface area contributed by atoms with Crippen molar-refractivity contribution >= 4 is 29.5 Å². The number of hydrogen-bond acceptors (Lipinski definition) is 6. The van der Waals surface area contributed by atoms with Crippen LogP contribution in [0.4, 0.5) is 23.8 Å². The van der Waals surface area contributed by atoms with Crippen LogP contribution in [0.1, 0.15) is 39.0 Å². The van der Waals surface area contributed by atoms with Crippen molar-refractivity contribution in [2.24, 2.45) is 0 Å². The number of rotatable bonds is 7. The Kier molecular flexibility index (Phi) is 8.12. The van der Waals surface area contributed by atoms with Crippen LogP contribution < -0.4 is 9.63 Å². The molecular weight excluding hydrogens is 467 g/mol. The molecule has 2 rings (SSSR count). The fraction of sp³-hybridized carbons (Fsp3) is 0.429. The van der Waals surface area contributed by atoms with Gasteiger partial charge in [0.2, 0.25) is 0 Å². The summed E-state index contributed by atoms with van der Waals surface area (Å²) in [5.74, 6) is -6.86. The molecule has 33 heavy (non-hydrogen) atoms. The number of ether oxygens (including phenoxy) is 2. The van der Waals surface area contributed by atoms with Gasteiger partial charge in [0.15, 0.2) is 17.8 Å².